The Labute approximate surface area is 179 Å². The van der Waals surface area contributed by atoms with E-state index in [1.54, 1.807) is 29.7 Å². The van der Waals surface area contributed by atoms with Crippen molar-refractivity contribution in [3.63, 3.8) is 0 Å². The number of carbonyl (C=O) groups is 2. The fraction of sp³-hybridized carbons (Fsp3) is 0.348. The number of amides is 2. The number of carbonyl (C=O) groups excluding carboxylic acids is 2. The quantitative estimate of drug-likeness (QED) is 0.589. The number of pyridine rings is 1. The molecule has 6 nitrogen and oxygen atoms in total. The minimum Gasteiger partial charge on any atom is -0.335 e. The number of hydrogen-bond acceptors (Lipinski definition) is 5. The molecule has 30 heavy (non-hydrogen) atoms. The van der Waals surface area contributed by atoms with Crippen LogP contribution >= 0.6 is 11.3 Å². The average molecular weight is 421 g/mol. The zero-order valence-corrected chi connectivity index (χ0v) is 17.5. The smallest absolute Gasteiger partial charge is 0.246 e. The molecule has 2 N–H and O–H groups in total. The van der Waals surface area contributed by atoms with E-state index in [-0.39, 0.29) is 11.8 Å². The largest absolute Gasteiger partial charge is 0.335 e. The lowest BCUT2D eigenvalue weighted by atomic mass is 10.0. The highest BCUT2D eigenvalue weighted by atomic mass is 32.1. The number of aromatic nitrogens is 1. The summed E-state index contributed by atoms with van der Waals surface area (Å²) in [6.45, 7) is 2.01. The highest BCUT2D eigenvalue weighted by Crippen LogP contribution is 2.38. The molecule has 4 heterocycles. The van der Waals surface area contributed by atoms with E-state index in [0.29, 0.717) is 18.9 Å². The number of rotatable bonds is 4. The lowest BCUT2D eigenvalue weighted by Crippen LogP contribution is -2.40. The van der Waals surface area contributed by atoms with Crippen molar-refractivity contribution in [2.45, 2.75) is 37.8 Å². The van der Waals surface area contributed by atoms with Crippen LogP contribution < -0.4 is 10.6 Å². The van der Waals surface area contributed by atoms with E-state index < -0.39 is 5.54 Å². The van der Waals surface area contributed by atoms with E-state index in [0.717, 1.165) is 43.4 Å². The molecule has 0 bridgehead atoms. The lowest BCUT2D eigenvalue weighted by Gasteiger charge is -2.25. The normalized spacial score (nSPS) is 19.9. The van der Waals surface area contributed by atoms with Gasteiger partial charge in [0.05, 0.1) is 5.54 Å². The molecule has 2 amide bonds. The Hall–Kier alpha value is -2.77. The van der Waals surface area contributed by atoms with Crippen LogP contribution in [0.5, 0.6) is 0 Å². The Morgan fingerprint density at radius 1 is 1.37 bits per heavy atom. The first-order valence-electron chi connectivity index (χ1n) is 10.3. The molecule has 1 saturated carbocycles. The van der Waals surface area contributed by atoms with Gasteiger partial charge in [0, 0.05) is 48.8 Å². The van der Waals surface area contributed by atoms with Gasteiger partial charge in [0.25, 0.3) is 0 Å². The minimum absolute atomic E-state index is 0.00354. The molecule has 1 spiro atoms. The van der Waals surface area contributed by atoms with Crippen molar-refractivity contribution in [3.05, 3.63) is 63.5 Å². The predicted molar refractivity (Wildman–Crippen MR) is 118 cm³/mol. The van der Waals surface area contributed by atoms with Gasteiger partial charge in [-0.25, -0.2) is 4.98 Å². The zero-order valence-electron chi connectivity index (χ0n) is 16.7. The van der Waals surface area contributed by atoms with Crippen LogP contribution in [0.15, 0.2) is 47.5 Å². The predicted octanol–water partition coefficient (Wildman–Crippen LogP) is 3.13. The molecule has 1 aliphatic carbocycles. The SMILES string of the molecule is O=C(C=Cc1cnc2c(c1)CNC1(CC1)C(=O)N2)N1CC=C(Cc2cccs2)CC1. The summed E-state index contributed by atoms with van der Waals surface area (Å²) in [5.74, 6) is 0.628. The summed E-state index contributed by atoms with van der Waals surface area (Å²) >= 11 is 1.78. The van der Waals surface area contributed by atoms with Crippen LogP contribution in [0.3, 0.4) is 0 Å². The molecule has 2 aliphatic heterocycles. The van der Waals surface area contributed by atoms with Crippen molar-refractivity contribution in [2.24, 2.45) is 0 Å². The van der Waals surface area contributed by atoms with Gasteiger partial charge in [-0.05, 0) is 48.4 Å². The van der Waals surface area contributed by atoms with Gasteiger partial charge in [-0.15, -0.1) is 11.3 Å². The van der Waals surface area contributed by atoms with E-state index >= 15 is 0 Å². The van der Waals surface area contributed by atoms with Crippen LogP contribution in [0, 0.1) is 0 Å². The summed E-state index contributed by atoms with van der Waals surface area (Å²) in [6.07, 6.45) is 10.9. The van der Waals surface area contributed by atoms with E-state index in [2.05, 4.69) is 39.2 Å². The number of hydrogen-bond donors (Lipinski definition) is 2. The van der Waals surface area contributed by atoms with E-state index in [1.807, 2.05) is 11.0 Å². The Morgan fingerprint density at radius 3 is 3.00 bits per heavy atom. The lowest BCUT2D eigenvalue weighted by molar-refractivity contribution is -0.125. The van der Waals surface area contributed by atoms with Crippen LogP contribution in [0.2, 0.25) is 0 Å². The first-order chi connectivity index (χ1) is 14.6. The molecule has 0 atom stereocenters. The third-order valence-corrected chi connectivity index (χ3v) is 6.91. The minimum atomic E-state index is -0.406. The zero-order chi connectivity index (χ0) is 20.6. The molecule has 2 aromatic rings. The third-order valence-electron chi connectivity index (χ3n) is 6.04. The maximum absolute atomic E-state index is 12.6. The summed E-state index contributed by atoms with van der Waals surface area (Å²) in [4.78, 5) is 32.5. The Bertz CT molecular complexity index is 1040. The third kappa shape index (κ3) is 3.95. The first-order valence-corrected chi connectivity index (χ1v) is 11.2. The fourth-order valence-electron chi connectivity index (χ4n) is 3.95. The second kappa shape index (κ2) is 7.81. The number of anilines is 1. The van der Waals surface area contributed by atoms with Gasteiger partial charge in [-0.3, -0.25) is 14.9 Å². The molecule has 2 aromatic heterocycles. The molecule has 3 aliphatic rings. The standard InChI is InChI=1S/C23H24N4O2S/c28-20(27-9-5-16(6-10-27)13-19-2-1-11-30-19)4-3-17-12-18-15-25-23(7-8-23)22(29)26-21(18)24-14-17/h1-5,11-12,14,25H,6-10,13,15H2,(H,24,26,29). The van der Waals surface area contributed by atoms with Gasteiger partial charge in [0.1, 0.15) is 5.82 Å². The Kier molecular flexibility index (Phi) is 5.00. The second-order valence-electron chi connectivity index (χ2n) is 8.15. The Balaban J connectivity index is 1.21. The topological polar surface area (TPSA) is 74.3 Å². The number of nitrogens with one attached hydrogen (secondary N) is 2. The van der Waals surface area contributed by atoms with Crippen molar-refractivity contribution in [1.82, 2.24) is 15.2 Å². The van der Waals surface area contributed by atoms with Crippen molar-refractivity contribution in [3.8, 4) is 0 Å². The summed E-state index contributed by atoms with van der Waals surface area (Å²) in [6, 6.07) is 6.22. The number of thiophene rings is 1. The van der Waals surface area contributed by atoms with Crippen molar-refractivity contribution >= 4 is 35.0 Å². The molecule has 5 rings (SSSR count). The highest BCUT2D eigenvalue weighted by molar-refractivity contribution is 7.09. The van der Waals surface area contributed by atoms with Gasteiger partial charge in [0.2, 0.25) is 11.8 Å². The van der Waals surface area contributed by atoms with Crippen molar-refractivity contribution < 1.29 is 9.59 Å². The van der Waals surface area contributed by atoms with E-state index in [4.69, 9.17) is 0 Å². The van der Waals surface area contributed by atoms with Gasteiger partial charge in [-0.2, -0.15) is 0 Å². The second-order valence-corrected chi connectivity index (χ2v) is 9.18. The summed E-state index contributed by atoms with van der Waals surface area (Å²) in [5.41, 5.74) is 2.80. The molecule has 7 heteroatoms. The Morgan fingerprint density at radius 2 is 2.27 bits per heavy atom. The van der Waals surface area contributed by atoms with Gasteiger partial charge in [0.15, 0.2) is 0 Å². The van der Waals surface area contributed by atoms with E-state index in [9.17, 15) is 9.59 Å². The molecule has 154 valence electrons. The maximum atomic E-state index is 12.6. The van der Waals surface area contributed by atoms with Crippen LogP contribution in [-0.2, 0) is 22.6 Å². The maximum Gasteiger partial charge on any atom is 0.246 e. The number of nitrogens with zero attached hydrogens (tertiary/aromatic N) is 2. The van der Waals surface area contributed by atoms with Crippen LogP contribution in [-0.4, -0.2) is 40.3 Å². The van der Waals surface area contributed by atoms with Crippen LogP contribution in [0.1, 0.15) is 35.3 Å². The summed E-state index contributed by atoms with van der Waals surface area (Å²) in [5, 5.41) is 8.37. The molecular formula is C23H24N4O2S. The fourth-order valence-corrected chi connectivity index (χ4v) is 4.71. The summed E-state index contributed by atoms with van der Waals surface area (Å²) < 4.78 is 0. The van der Waals surface area contributed by atoms with Crippen molar-refractivity contribution in [1.29, 1.82) is 0 Å². The van der Waals surface area contributed by atoms with Crippen LogP contribution in [0.25, 0.3) is 6.08 Å². The molecule has 0 radical (unpaired) electrons. The molecule has 0 saturated heterocycles. The summed E-state index contributed by atoms with van der Waals surface area (Å²) in [7, 11) is 0. The highest BCUT2D eigenvalue weighted by Gasteiger charge is 2.50. The number of fused-ring (bicyclic) bond motifs is 1. The molecule has 0 unspecified atom stereocenters. The monoisotopic (exact) mass is 420 g/mol. The van der Waals surface area contributed by atoms with Gasteiger partial charge >= 0.3 is 0 Å². The van der Waals surface area contributed by atoms with Gasteiger partial charge < -0.3 is 10.2 Å². The first kappa shape index (κ1) is 19.2. The van der Waals surface area contributed by atoms with E-state index in [1.165, 1.54) is 10.5 Å². The molecule has 1 fully saturated rings. The molecule has 0 aromatic carbocycles. The van der Waals surface area contributed by atoms with Crippen molar-refractivity contribution in [2.75, 3.05) is 18.4 Å². The average Bonchev–Trinajstić information content (AvgIpc) is 3.42. The molecular weight excluding hydrogens is 396 g/mol. The van der Waals surface area contributed by atoms with Crippen LogP contribution in [0.4, 0.5) is 5.82 Å². The van der Waals surface area contributed by atoms with Gasteiger partial charge in [-0.1, -0.05) is 17.7 Å².